The van der Waals surface area contributed by atoms with E-state index < -0.39 is 0 Å². The molecule has 1 aromatic carbocycles. The molecule has 2 N–H and O–H groups in total. The number of carbonyl (C=O) groups excluding carboxylic acids is 3. The van der Waals surface area contributed by atoms with E-state index in [1.54, 1.807) is 17.0 Å². The lowest BCUT2D eigenvalue weighted by atomic mass is 9.98. The van der Waals surface area contributed by atoms with Gasteiger partial charge in [-0.15, -0.1) is 0 Å². The molecule has 154 valence electrons. The Kier molecular flexibility index (Phi) is 7.44. The summed E-state index contributed by atoms with van der Waals surface area (Å²) >= 11 is 0. The van der Waals surface area contributed by atoms with E-state index in [0.29, 0.717) is 45.4 Å². The Balaban J connectivity index is 1.59. The van der Waals surface area contributed by atoms with Crippen LogP contribution < -0.4 is 10.6 Å². The fraction of sp³-hybridized carbons (Fsp3) is 0.409. The molecule has 1 atom stereocenters. The second-order valence-electron chi connectivity index (χ2n) is 7.20. The average molecular weight is 397 g/mol. The van der Waals surface area contributed by atoms with Crippen LogP contribution in [0.25, 0.3) is 0 Å². The Morgan fingerprint density at radius 2 is 1.93 bits per heavy atom. The maximum atomic E-state index is 12.7. The van der Waals surface area contributed by atoms with Gasteiger partial charge in [-0.25, -0.2) is 0 Å². The number of nitrogens with zero attached hydrogens (tertiary/aromatic N) is 1. The molecule has 2 aromatic rings. The van der Waals surface area contributed by atoms with Gasteiger partial charge >= 0.3 is 0 Å². The summed E-state index contributed by atoms with van der Waals surface area (Å²) in [5.41, 5.74) is 1.04. The van der Waals surface area contributed by atoms with Crippen LogP contribution in [0.15, 0.2) is 53.1 Å². The highest BCUT2D eigenvalue weighted by Gasteiger charge is 2.23. The quantitative estimate of drug-likeness (QED) is 0.828. The summed E-state index contributed by atoms with van der Waals surface area (Å²) < 4.78 is 5.21. The highest BCUT2D eigenvalue weighted by molar-refractivity contribution is 5.91. The lowest BCUT2D eigenvalue weighted by Gasteiger charge is -2.22. The molecule has 29 heavy (non-hydrogen) atoms. The fourth-order valence-corrected chi connectivity index (χ4v) is 3.45. The van der Waals surface area contributed by atoms with Crippen molar-refractivity contribution < 1.29 is 18.8 Å². The normalized spacial score (nSPS) is 18.4. The molecule has 7 heteroatoms. The lowest BCUT2D eigenvalue weighted by Crippen LogP contribution is -2.35. The SMILES string of the molecule is O=C1CCN(C(=O)c2ccco2)CCCC(C(=O)NCc2ccccc2)CCN1. The molecule has 2 heterocycles. The van der Waals surface area contributed by atoms with E-state index in [0.717, 1.165) is 5.56 Å². The van der Waals surface area contributed by atoms with Crippen molar-refractivity contribution in [2.45, 2.75) is 32.2 Å². The number of hydrogen-bond donors (Lipinski definition) is 2. The average Bonchev–Trinajstić information content (AvgIpc) is 3.26. The largest absolute Gasteiger partial charge is 0.459 e. The van der Waals surface area contributed by atoms with Gasteiger partial charge in [0.05, 0.1) is 6.26 Å². The number of carbonyl (C=O) groups is 3. The van der Waals surface area contributed by atoms with Crippen LogP contribution in [0, 0.1) is 5.92 Å². The first-order chi connectivity index (χ1) is 14.1. The number of hydrogen-bond acceptors (Lipinski definition) is 4. The van der Waals surface area contributed by atoms with Gasteiger partial charge in [-0.05, 0) is 37.0 Å². The standard InChI is InChI=1S/C22H27N3O4/c26-20-11-14-25(22(28)19-9-5-15-29-19)13-4-8-18(10-12-23-20)21(27)24-16-17-6-2-1-3-7-17/h1-3,5-7,9,15,18H,4,8,10-14,16H2,(H,23,26)(H,24,27). The van der Waals surface area contributed by atoms with Crippen LogP contribution in [0.2, 0.25) is 0 Å². The molecule has 0 saturated carbocycles. The maximum absolute atomic E-state index is 12.7. The molecule has 7 nitrogen and oxygen atoms in total. The molecular weight excluding hydrogens is 370 g/mol. The predicted molar refractivity (Wildman–Crippen MR) is 108 cm³/mol. The summed E-state index contributed by atoms with van der Waals surface area (Å²) in [6, 6.07) is 13.0. The molecule has 0 spiro atoms. The van der Waals surface area contributed by atoms with E-state index in [4.69, 9.17) is 4.42 Å². The van der Waals surface area contributed by atoms with E-state index >= 15 is 0 Å². The van der Waals surface area contributed by atoms with E-state index in [2.05, 4.69) is 10.6 Å². The van der Waals surface area contributed by atoms with Crippen molar-refractivity contribution >= 4 is 17.7 Å². The lowest BCUT2D eigenvalue weighted by molar-refractivity contribution is -0.126. The Morgan fingerprint density at radius 1 is 1.10 bits per heavy atom. The molecule has 1 unspecified atom stereocenters. The molecule has 0 bridgehead atoms. The van der Waals surface area contributed by atoms with Crippen molar-refractivity contribution in [1.29, 1.82) is 0 Å². The molecule has 1 aromatic heterocycles. The summed E-state index contributed by atoms with van der Waals surface area (Å²) in [6.07, 6.45) is 3.61. The summed E-state index contributed by atoms with van der Waals surface area (Å²) in [4.78, 5) is 39.0. The van der Waals surface area contributed by atoms with Crippen LogP contribution in [-0.4, -0.2) is 42.3 Å². The van der Waals surface area contributed by atoms with Crippen LogP contribution in [0.3, 0.4) is 0 Å². The maximum Gasteiger partial charge on any atom is 0.289 e. The van der Waals surface area contributed by atoms with E-state index in [9.17, 15) is 14.4 Å². The number of furan rings is 1. The third-order valence-corrected chi connectivity index (χ3v) is 5.10. The highest BCUT2D eigenvalue weighted by Crippen LogP contribution is 2.15. The minimum atomic E-state index is -0.230. The van der Waals surface area contributed by atoms with Gasteiger partial charge in [0.15, 0.2) is 5.76 Å². The molecular formula is C22H27N3O4. The molecule has 1 fully saturated rings. The van der Waals surface area contributed by atoms with E-state index in [-0.39, 0.29) is 35.8 Å². The van der Waals surface area contributed by atoms with E-state index in [1.165, 1.54) is 6.26 Å². The summed E-state index contributed by atoms with van der Waals surface area (Å²) in [7, 11) is 0. The topological polar surface area (TPSA) is 91.7 Å². The molecule has 3 amide bonds. The summed E-state index contributed by atoms with van der Waals surface area (Å²) in [6.45, 7) is 1.74. The van der Waals surface area contributed by atoms with Gasteiger partial charge in [0.1, 0.15) is 0 Å². The number of nitrogens with one attached hydrogen (secondary N) is 2. The Bertz CT molecular complexity index is 805. The zero-order valence-corrected chi connectivity index (χ0v) is 16.4. The first-order valence-electron chi connectivity index (χ1n) is 10.0. The third-order valence-electron chi connectivity index (χ3n) is 5.10. The van der Waals surface area contributed by atoms with Crippen molar-refractivity contribution in [1.82, 2.24) is 15.5 Å². The first-order valence-corrected chi connectivity index (χ1v) is 10.0. The predicted octanol–water partition coefficient (Wildman–Crippen LogP) is 2.34. The molecule has 1 saturated heterocycles. The first kappa shape index (κ1) is 20.6. The Labute approximate surface area is 170 Å². The van der Waals surface area contributed by atoms with Crippen LogP contribution >= 0.6 is 0 Å². The Hall–Kier alpha value is -3.09. The van der Waals surface area contributed by atoms with Crippen molar-refractivity contribution in [3.63, 3.8) is 0 Å². The van der Waals surface area contributed by atoms with Crippen molar-refractivity contribution in [3.05, 3.63) is 60.1 Å². The van der Waals surface area contributed by atoms with Gasteiger partial charge in [0.2, 0.25) is 11.8 Å². The number of benzene rings is 1. The van der Waals surface area contributed by atoms with Crippen molar-refractivity contribution in [2.24, 2.45) is 5.92 Å². The zero-order valence-electron chi connectivity index (χ0n) is 16.4. The van der Waals surface area contributed by atoms with Crippen LogP contribution in [0.1, 0.15) is 41.8 Å². The smallest absolute Gasteiger partial charge is 0.289 e. The van der Waals surface area contributed by atoms with Gasteiger partial charge in [0, 0.05) is 38.5 Å². The highest BCUT2D eigenvalue weighted by atomic mass is 16.3. The van der Waals surface area contributed by atoms with E-state index in [1.807, 2.05) is 30.3 Å². The van der Waals surface area contributed by atoms with Gasteiger partial charge in [0.25, 0.3) is 5.91 Å². The van der Waals surface area contributed by atoms with Crippen LogP contribution in [0.5, 0.6) is 0 Å². The number of amides is 3. The Morgan fingerprint density at radius 3 is 2.69 bits per heavy atom. The molecule has 0 radical (unpaired) electrons. The van der Waals surface area contributed by atoms with Crippen molar-refractivity contribution in [3.8, 4) is 0 Å². The minimum Gasteiger partial charge on any atom is -0.459 e. The molecule has 0 aliphatic carbocycles. The fourth-order valence-electron chi connectivity index (χ4n) is 3.45. The minimum absolute atomic E-state index is 0.0220. The summed E-state index contributed by atoms with van der Waals surface area (Å²) in [5.74, 6) is -0.318. The van der Waals surface area contributed by atoms with Gasteiger partial charge < -0.3 is 20.0 Å². The van der Waals surface area contributed by atoms with Crippen molar-refractivity contribution in [2.75, 3.05) is 19.6 Å². The van der Waals surface area contributed by atoms with Crippen LogP contribution in [0.4, 0.5) is 0 Å². The van der Waals surface area contributed by atoms with Gasteiger partial charge in [-0.2, -0.15) is 0 Å². The molecule has 3 rings (SSSR count). The molecule has 1 aliphatic heterocycles. The van der Waals surface area contributed by atoms with Crippen LogP contribution in [-0.2, 0) is 16.1 Å². The number of rotatable bonds is 4. The molecule has 1 aliphatic rings. The monoisotopic (exact) mass is 397 g/mol. The second kappa shape index (κ2) is 10.5. The summed E-state index contributed by atoms with van der Waals surface area (Å²) in [5, 5.41) is 5.84. The second-order valence-corrected chi connectivity index (χ2v) is 7.20. The third kappa shape index (κ3) is 6.20. The van der Waals surface area contributed by atoms with Gasteiger partial charge in [-0.1, -0.05) is 30.3 Å². The van der Waals surface area contributed by atoms with Gasteiger partial charge in [-0.3, -0.25) is 14.4 Å². The zero-order chi connectivity index (χ0) is 20.5.